The van der Waals surface area contributed by atoms with E-state index in [1.54, 1.807) is 7.11 Å². The van der Waals surface area contributed by atoms with Crippen LogP contribution in [0.4, 0.5) is 0 Å². The van der Waals surface area contributed by atoms with Crippen LogP contribution in [-0.4, -0.2) is 24.3 Å². The Morgan fingerprint density at radius 1 is 1.44 bits per heavy atom. The molecule has 1 heterocycles. The van der Waals surface area contributed by atoms with Crippen LogP contribution in [0.1, 0.15) is 18.9 Å². The van der Waals surface area contributed by atoms with E-state index in [-0.39, 0.29) is 11.5 Å². The summed E-state index contributed by atoms with van der Waals surface area (Å²) >= 11 is 5.97. The number of oxime groups is 1. The van der Waals surface area contributed by atoms with E-state index in [0.29, 0.717) is 0 Å². The lowest BCUT2D eigenvalue weighted by molar-refractivity contribution is 0.0855. The van der Waals surface area contributed by atoms with Crippen LogP contribution < -0.4 is 4.74 Å². The largest absolute Gasteiger partial charge is 0.497 e. The van der Waals surface area contributed by atoms with Crippen LogP contribution in [0.25, 0.3) is 0 Å². The Morgan fingerprint density at radius 2 is 2.12 bits per heavy atom. The molecule has 4 heteroatoms. The van der Waals surface area contributed by atoms with Crippen LogP contribution in [0.3, 0.4) is 0 Å². The molecule has 0 saturated heterocycles. The maximum atomic E-state index is 5.97. The third kappa shape index (κ3) is 2.30. The molecule has 0 aromatic heterocycles. The highest BCUT2D eigenvalue weighted by atomic mass is 35.5. The summed E-state index contributed by atoms with van der Waals surface area (Å²) in [7, 11) is 1.65. The fourth-order valence-corrected chi connectivity index (χ4v) is 1.73. The summed E-state index contributed by atoms with van der Waals surface area (Å²) in [4.78, 5) is 5.26. The summed E-state index contributed by atoms with van der Waals surface area (Å²) in [5.74, 6) is 0.838. The van der Waals surface area contributed by atoms with Gasteiger partial charge in [-0.3, -0.25) is 0 Å². The molecule has 86 valence electrons. The number of halogens is 1. The molecule has 16 heavy (non-hydrogen) atoms. The molecule has 0 fully saturated rings. The molecular formula is C12H14ClNO2. The molecular weight excluding hydrogens is 226 g/mol. The Bertz CT molecular complexity index is 387. The van der Waals surface area contributed by atoms with Crippen molar-refractivity contribution in [3.63, 3.8) is 0 Å². The number of alkyl halides is 1. The molecule has 0 saturated carbocycles. The molecule has 0 bridgehead atoms. The van der Waals surface area contributed by atoms with Gasteiger partial charge in [0.05, 0.1) is 18.2 Å². The van der Waals surface area contributed by atoms with Gasteiger partial charge in [-0.15, -0.1) is 11.6 Å². The standard InChI is InChI=1S/C12H14ClNO2/c1-8(13)12-7-11(14-16-12)9-3-5-10(15-2)6-4-9/h3-6,8,12H,7H2,1-2H3. The number of nitrogens with zero attached hydrogens (tertiary/aromatic N) is 1. The van der Waals surface area contributed by atoms with Gasteiger partial charge in [0, 0.05) is 6.42 Å². The van der Waals surface area contributed by atoms with Crippen molar-refractivity contribution in [1.29, 1.82) is 0 Å². The zero-order valence-electron chi connectivity index (χ0n) is 9.31. The summed E-state index contributed by atoms with van der Waals surface area (Å²) in [6, 6.07) is 7.77. The van der Waals surface area contributed by atoms with Gasteiger partial charge >= 0.3 is 0 Å². The number of methoxy groups -OCH3 is 1. The number of rotatable bonds is 3. The topological polar surface area (TPSA) is 30.8 Å². The number of hydrogen-bond acceptors (Lipinski definition) is 3. The molecule has 0 N–H and O–H groups in total. The Kier molecular flexibility index (Phi) is 3.34. The van der Waals surface area contributed by atoms with Gasteiger partial charge in [-0.1, -0.05) is 5.16 Å². The second-order valence-electron chi connectivity index (χ2n) is 3.79. The Hall–Kier alpha value is -1.22. The zero-order valence-corrected chi connectivity index (χ0v) is 10.1. The van der Waals surface area contributed by atoms with Gasteiger partial charge in [0.25, 0.3) is 0 Å². The Labute approximate surface area is 100.0 Å². The third-order valence-electron chi connectivity index (χ3n) is 2.63. The summed E-state index contributed by atoms with van der Waals surface area (Å²) < 4.78 is 5.10. The molecule has 1 aromatic carbocycles. The van der Waals surface area contributed by atoms with E-state index in [0.717, 1.165) is 23.4 Å². The monoisotopic (exact) mass is 239 g/mol. The summed E-state index contributed by atoms with van der Waals surface area (Å²) in [6.45, 7) is 1.92. The van der Waals surface area contributed by atoms with Crippen molar-refractivity contribution in [2.75, 3.05) is 7.11 Å². The predicted octanol–water partition coefficient (Wildman–Crippen LogP) is 2.82. The SMILES string of the molecule is COc1ccc(C2=NOC(C(C)Cl)C2)cc1. The highest BCUT2D eigenvalue weighted by Crippen LogP contribution is 2.22. The molecule has 1 aliphatic heterocycles. The smallest absolute Gasteiger partial charge is 0.149 e. The zero-order chi connectivity index (χ0) is 11.5. The molecule has 1 aromatic rings. The molecule has 3 nitrogen and oxygen atoms in total. The maximum Gasteiger partial charge on any atom is 0.149 e. The van der Waals surface area contributed by atoms with Gasteiger partial charge in [0.2, 0.25) is 0 Å². The second-order valence-corrected chi connectivity index (χ2v) is 4.48. The minimum absolute atomic E-state index is 0.0150. The number of benzene rings is 1. The average molecular weight is 240 g/mol. The lowest BCUT2D eigenvalue weighted by Gasteiger charge is -2.09. The minimum atomic E-state index is -0.0282. The second kappa shape index (κ2) is 4.74. The first-order chi connectivity index (χ1) is 7.70. The summed E-state index contributed by atoms with van der Waals surface area (Å²) in [6.07, 6.45) is 0.746. The maximum absolute atomic E-state index is 5.97. The Morgan fingerprint density at radius 3 is 2.62 bits per heavy atom. The van der Waals surface area contributed by atoms with E-state index in [1.807, 2.05) is 31.2 Å². The fraction of sp³-hybridized carbons (Fsp3) is 0.417. The molecule has 2 atom stereocenters. The first kappa shape index (κ1) is 11.3. The minimum Gasteiger partial charge on any atom is -0.497 e. The first-order valence-corrected chi connectivity index (χ1v) is 5.65. The molecule has 2 rings (SSSR count). The van der Waals surface area contributed by atoms with Gasteiger partial charge in [0.15, 0.2) is 0 Å². The van der Waals surface area contributed by atoms with Crippen molar-refractivity contribution in [2.45, 2.75) is 24.8 Å². The van der Waals surface area contributed by atoms with E-state index in [2.05, 4.69) is 5.16 Å². The van der Waals surface area contributed by atoms with Crippen molar-refractivity contribution < 1.29 is 9.57 Å². The normalized spacial score (nSPS) is 21.2. The van der Waals surface area contributed by atoms with Gasteiger partial charge < -0.3 is 9.57 Å². The van der Waals surface area contributed by atoms with Gasteiger partial charge in [0.1, 0.15) is 11.9 Å². The van der Waals surface area contributed by atoms with Crippen LogP contribution in [0.2, 0.25) is 0 Å². The van der Waals surface area contributed by atoms with Crippen molar-refractivity contribution >= 4 is 17.3 Å². The van der Waals surface area contributed by atoms with Crippen LogP contribution in [0.15, 0.2) is 29.4 Å². The highest BCUT2D eigenvalue weighted by Gasteiger charge is 2.25. The molecule has 0 aliphatic carbocycles. The lowest BCUT2D eigenvalue weighted by atomic mass is 10.0. The quantitative estimate of drug-likeness (QED) is 0.760. The van der Waals surface area contributed by atoms with E-state index < -0.39 is 0 Å². The molecule has 0 radical (unpaired) electrons. The van der Waals surface area contributed by atoms with Crippen LogP contribution in [0.5, 0.6) is 5.75 Å². The van der Waals surface area contributed by atoms with Crippen LogP contribution >= 0.6 is 11.6 Å². The van der Waals surface area contributed by atoms with Crippen molar-refractivity contribution in [3.8, 4) is 5.75 Å². The average Bonchev–Trinajstić information content (AvgIpc) is 2.78. The number of hydrogen-bond donors (Lipinski definition) is 0. The third-order valence-corrected chi connectivity index (χ3v) is 2.91. The fourth-order valence-electron chi connectivity index (χ4n) is 1.60. The van der Waals surface area contributed by atoms with Crippen LogP contribution in [0, 0.1) is 0 Å². The summed E-state index contributed by atoms with van der Waals surface area (Å²) in [5.41, 5.74) is 2.00. The van der Waals surface area contributed by atoms with Crippen LogP contribution in [-0.2, 0) is 4.84 Å². The van der Waals surface area contributed by atoms with Gasteiger partial charge in [-0.25, -0.2) is 0 Å². The lowest BCUT2D eigenvalue weighted by Crippen LogP contribution is -2.18. The number of ether oxygens (including phenoxy) is 1. The molecule has 2 unspecified atom stereocenters. The Balaban J connectivity index is 2.08. The summed E-state index contributed by atoms with van der Waals surface area (Å²) in [5, 5.41) is 4.03. The molecule has 0 amide bonds. The highest BCUT2D eigenvalue weighted by molar-refractivity contribution is 6.21. The van der Waals surface area contributed by atoms with Crippen molar-refractivity contribution in [3.05, 3.63) is 29.8 Å². The first-order valence-electron chi connectivity index (χ1n) is 5.22. The van der Waals surface area contributed by atoms with Gasteiger partial charge in [-0.05, 0) is 36.8 Å². The molecule has 1 aliphatic rings. The predicted molar refractivity (Wildman–Crippen MR) is 64.3 cm³/mol. The van der Waals surface area contributed by atoms with Gasteiger partial charge in [-0.2, -0.15) is 0 Å². The van der Waals surface area contributed by atoms with E-state index in [1.165, 1.54) is 0 Å². The van der Waals surface area contributed by atoms with E-state index in [4.69, 9.17) is 21.2 Å². The van der Waals surface area contributed by atoms with E-state index in [9.17, 15) is 0 Å². The van der Waals surface area contributed by atoms with Crippen molar-refractivity contribution in [1.82, 2.24) is 0 Å². The van der Waals surface area contributed by atoms with Crippen molar-refractivity contribution in [2.24, 2.45) is 5.16 Å². The van der Waals surface area contributed by atoms with E-state index >= 15 is 0 Å². The molecule has 0 spiro atoms.